The molecule has 0 spiro atoms. The first-order valence-electron chi connectivity index (χ1n) is 15.3. The Bertz CT molecular complexity index is 1900. The van der Waals surface area contributed by atoms with Gasteiger partial charge < -0.3 is 18.9 Å². The highest BCUT2D eigenvalue weighted by molar-refractivity contribution is 6.03. The summed E-state index contributed by atoms with van der Waals surface area (Å²) in [6.07, 6.45) is -0.837. The Morgan fingerprint density at radius 3 is 1.19 bits per heavy atom. The van der Waals surface area contributed by atoms with Gasteiger partial charge in [0.15, 0.2) is 0 Å². The molecule has 7 nitrogen and oxygen atoms in total. The molecule has 0 aliphatic heterocycles. The Morgan fingerprint density at radius 2 is 0.812 bits per heavy atom. The van der Waals surface area contributed by atoms with Crippen molar-refractivity contribution in [2.75, 3.05) is 0 Å². The van der Waals surface area contributed by atoms with Crippen LogP contribution in [0.5, 0.6) is 17.2 Å². The molecule has 0 saturated heterocycles. The van der Waals surface area contributed by atoms with Crippen LogP contribution in [0.3, 0.4) is 0 Å². The van der Waals surface area contributed by atoms with E-state index in [0.717, 1.165) is 27.8 Å². The summed E-state index contributed by atoms with van der Waals surface area (Å²) >= 11 is 0. The quantitative estimate of drug-likeness (QED) is 0.0901. The molecule has 5 aromatic carbocycles. The van der Waals surface area contributed by atoms with Crippen LogP contribution < -0.4 is 14.2 Å². The number of ether oxygens (including phenoxy) is 4. The molecule has 0 unspecified atom stereocenters. The predicted molar refractivity (Wildman–Crippen MR) is 183 cm³/mol. The van der Waals surface area contributed by atoms with E-state index in [1.165, 1.54) is 12.1 Å². The van der Waals surface area contributed by atoms with Gasteiger partial charge in [-0.15, -0.1) is 0 Å². The standard InChI is InChI=1S/C41H36O7/c1-27-11-13-28(14-12-27)40(2,3)30-17-23-33(24-18-30)47-39(44)48-34-25-19-31(20-26-34)41(4,5)29-15-21-32(22-16-29)46-38(43)36-10-8-7-9-35(36)37(42)45-6/h7-26H,1,6H2,2-5H3. The summed E-state index contributed by atoms with van der Waals surface area (Å²) in [6, 6.07) is 36.0. The summed E-state index contributed by atoms with van der Waals surface area (Å²) in [5.41, 5.74) is 4.60. The van der Waals surface area contributed by atoms with Crippen LogP contribution in [0.15, 0.2) is 121 Å². The third kappa shape index (κ3) is 7.47. The van der Waals surface area contributed by atoms with E-state index in [2.05, 4.69) is 58.6 Å². The van der Waals surface area contributed by atoms with Crippen LogP contribution in [0.25, 0.3) is 0 Å². The van der Waals surface area contributed by atoms with Gasteiger partial charge in [0.2, 0.25) is 0 Å². The van der Waals surface area contributed by atoms with Gasteiger partial charge in [-0.25, -0.2) is 14.4 Å². The van der Waals surface area contributed by atoms with Crippen LogP contribution in [0, 0.1) is 14.0 Å². The van der Waals surface area contributed by atoms with Gasteiger partial charge in [0.05, 0.1) is 11.1 Å². The van der Waals surface area contributed by atoms with Gasteiger partial charge in [-0.05, 0) is 83.3 Å². The van der Waals surface area contributed by atoms with E-state index in [-0.39, 0.29) is 16.5 Å². The molecule has 0 atom stereocenters. The maximum atomic E-state index is 12.8. The number of carbonyl (C=O) groups is 3. The molecule has 0 bridgehead atoms. The highest BCUT2D eigenvalue weighted by atomic mass is 16.7. The Labute approximate surface area is 281 Å². The van der Waals surface area contributed by atoms with E-state index in [1.54, 1.807) is 48.5 Å². The molecule has 5 aromatic rings. The summed E-state index contributed by atoms with van der Waals surface area (Å²) in [6.45, 7) is 12.3. The molecule has 2 radical (unpaired) electrons. The Hall–Kier alpha value is -5.69. The minimum absolute atomic E-state index is 0.0710. The van der Waals surface area contributed by atoms with Crippen LogP contribution in [0.4, 0.5) is 4.79 Å². The second kappa shape index (κ2) is 14.0. The Kier molecular flexibility index (Phi) is 9.80. The molecule has 48 heavy (non-hydrogen) atoms. The molecule has 5 rings (SSSR count). The summed E-state index contributed by atoms with van der Waals surface area (Å²) < 4.78 is 20.9. The van der Waals surface area contributed by atoms with Gasteiger partial charge in [0.1, 0.15) is 24.4 Å². The normalized spacial score (nSPS) is 11.4. The molecule has 0 N–H and O–H groups in total. The second-order valence-electron chi connectivity index (χ2n) is 12.3. The number of hydrogen-bond donors (Lipinski definition) is 0. The molecular formula is C41H36O7. The first kappa shape index (κ1) is 33.7. The zero-order valence-electron chi connectivity index (χ0n) is 27.3. The lowest BCUT2D eigenvalue weighted by atomic mass is 9.78. The van der Waals surface area contributed by atoms with Crippen LogP contribution in [-0.2, 0) is 15.6 Å². The number of esters is 2. The largest absolute Gasteiger partial charge is 0.519 e. The summed E-state index contributed by atoms with van der Waals surface area (Å²) in [7, 11) is 3.12. The van der Waals surface area contributed by atoms with Crippen molar-refractivity contribution in [3.63, 3.8) is 0 Å². The van der Waals surface area contributed by atoms with Crippen molar-refractivity contribution >= 4 is 18.1 Å². The van der Waals surface area contributed by atoms with E-state index in [0.29, 0.717) is 17.2 Å². The summed E-state index contributed by atoms with van der Waals surface area (Å²) in [4.78, 5) is 37.3. The van der Waals surface area contributed by atoms with Gasteiger partial charge in [-0.1, -0.05) is 100 Å². The van der Waals surface area contributed by atoms with Crippen molar-refractivity contribution < 1.29 is 33.3 Å². The average Bonchev–Trinajstić information content (AvgIpc) is 3.08. The van der Waals surface area contributed by atoms with Crippen LogP contribution in [-0.4, -0.2) is 18.1 Å². The Balaban J connectivity index is 1.19. The van der Waals surface area contributed by atoms with Gasteiger partial charge in [0, 0.05) is 10.8 Å². The second-order valence-corrected chi connectivity index (χ2v) is 12.3. The third-order valence-corrected chi connectivity index (χ3v) is 8.51. The minimum atomic E-state index is -0.837. The molecule has 0 aromatic heterocycles. The average molecular weight is 641 g/mol. The summed E-state index contributed by atoms with van der Waals surface area (Å²) in [5.74, 6) is -0.368. The minimum Gasteiger partial charge on any atom is -0.458 e. The molecule has 0 fully saturated rings. The lowest BCUT2D eigenvalue weighted by Gasteiger charge is -2.26. The molecule has 0 aliphatic carbocycles. The van der Waals surface area contributed by atoms with Gasteiger partial charge >= 0.3 is 18.1 Å². The molecule has 0 aliphatic rings. The maximum absolute atomic E-state index is 12.8. The predicted octanol–water partition coefficient (Wildman–Crippen LogP) is 9.27. The number of rotatable bonds is 9. The van der Waals surface area contributed by atoms with E-state index >= 15 is 0 Å². The molecule has 0 saturated carbocycles. The van der Waals surface area contributed by atoms with Crippen molar-refractivity contribution in [2.45, 2.75) is 38.5 Å². The first-order valence-corrected chi connectivity index (χ1v) is 15.3. The molecule has 0 amide bonds. The third-order valence-electron chi connectivity index (χ3n) is 8.51. The van der Waals surface area contributed by atoms with Crippen molar-refractivity contribution in [2.24, 2.45) is 0 Å². The van der Waals surface area contributed by atoms with E-state index in [1.807, 2.05) is 48.5 Å². The van der Waals surface area contributed by atoms with Crippen molar-refractivity contribution in [1.29, 1.82) is 0 Å². The lowest BCUT2D eigenvalue weighted by molar-refractivity contribution is 0.0635. The van der Waals surface area contributed by atoms with E-state index < -0.39 is 23.5 Å². The van der Waals surface area contributed by atoms with Gasteiger partial charge in [0.25, 0.3) is 0 Å². The SMILES string of the molecule is [CH2]OC(=O)c1ccccc1C(=O)Oc1ccc(C(C)(C)c2ccc(OC(=O)Oc3ccc(C(C)(C)c4ccc([CH2])cc4)cc3)cc2)cc1. The number of hydrogen-bond acceptors (Lipinski definition) is 7. The topological polar surface area (TPSA) is 88.1 Å². The first-order chi connectivity index (χ1) is 22.9. The van der Waals surface area contributed by atoms with E-state index in [4.69, 9.17) is 14.2 Å². The zero-order valence-corrected chi connectivity index (χ0v) is 27.3. The maximum Gasteiger partial charge on any atom is 0.519 e. The van der Waals surface area contributed by atoms with Crippen LogP contribution >= 0.6 is 0 Å². The smallest absolute Gasteiger partial charge is 0.458 e. The van der Waals surface area contributed by atoms with Crippen molar-refractivity contribution in [3.8, 4) is 17.2 Å². The molecule has 242 valence electrons. The highest BCUT2D eigenvalue weighted by Gasteiger charge is 2.25. The van der Waals surface area contributed by atoms with Crippen LogP contribution in [0.2, 0.25) is 0 Å². The van der Waals surface area contributed by atoms with Crippen LogP contribution in [0.1, 0.15) is 76.2 Å². The zero-order chi connectivity index (χ0) is 34.5. The fourth-order valence-corrected chi connectivity index (χ4v) is 5.37. The molecule has 7 heteroatoms. The Morgan fingerprint density at radius 1 is 0.479 bits per heavy atom. The fraction of sp³-hybridized carbons (Fsp3) is 0.146. The fourth-order valence-electron chi connectivity index (χ4n) is 5.37. The van der Waals surface area contributed by atoms with Crippen molar-refractivity contribution in [1.82, 2.24) is 0 Å². The molecular weight excluding hydrogens is 604 g/mol. The monoisotopic (exact) mass is 640 g/mol. The van der Waals surface area contributed by atoms with Gasteiger partial charge in [-0.2, -0.15) is 0 Å². The van der Waals surface area contributed by atoms with E-state index in [9.17, 15) is 14.4 Å². The van der Waals surface area contributed by atoms with Crippen molar-refractivity contribution in [3.05, 3.63) is 174 Å². The van der Waals surface area contributed by atoms with Gasteiger partial charge in [-0.3, -0.25) is 0 Å². The number of carbonyl (C=O) groups excluding carboxylic acids is 3. The summed E-state index contributed by atoms with van der Waals surface area (Å²) in [5, 5.41) is 0. The molecule has 0 heterocycles. The highest BCUT2D eigenvalue weighted by Crippen LogP contribution is 2.35. The lowest BCUT2D eigenvalue weighted by Crippen LogP contribution is -2.19. The number of benzene rings is 5.